The minimum Gasteiger partial charge on any atom is -0.393 e. The average molecular weight is 284 g/mol. The van der Waals surface area contributed by atoms with Crippen LogP contribution in [0.15, 0.2) is 12.1 Å². The van der Waals surface area contributed by atoms with Crippen LogP contribution in [0.1, 0.15) is 41.7 Å². The normalized spacial score (nSPS) is 10.7. The minimum absolute atomic E-state index is 0.0750. The number of thiocarbonyl (C=S) groups is 1. The van der Waals surface area contributed by atoms with Crippen molar-refractivity contribution in [2.45, 2.75) is 39.7 Å². The molecule has 0 atom stereocenters. The molecule has 1 aromatic heterocycles. The average Bonchev–Trinajstić information content (AvgIpc) is 2.76. The molecule has 0 aliphatic carbocycles. The number of nitrogens with two attached hydrogens (primary N) is 1. The van der Waals surface area contributed by atoms with Crippen molar-refractivity contribution in [1.29, 1.82) is 0 Å². The zero-order chi connectivity index (χ0) is 13.7. The first-order valence-corrected chi connectivity index (χ1v) is 7.36. The largest absolute Gasteiger partial charge is 0.393 e. The summed E-state index contributed by atoms with van der Waals surface area (Å²) in [6.45, 7) is 6.69. The van der Waals surface area contributed by atoms with Crippen LogP contribution in [0.3, 0.4) is 0 Å². The number of rotatable bonds is 6. The third kappa shape index (κ3) is 4.07. The molecule has 0 saturated heterocycles. The minimum atomic E-state index is 0.0750. The molecule has 0 unspecified atom stereocenters. The van der Waals surface area contributed by atoms with Crippen molar-refractivity contribution >= 4 is 34.5 Å². The Labute approximate surface area is 118 Å². The summed E-state index contributed by atoms with van der Waals surface area (Å²) in [5.74, 6) is 0.0750. The molecule has 0 radical (unpaired) electrons. The van der Waals surface area contributed by atoms with E-state index in [9.17, 15) is 4.79 Å². The van der Waals surface area contributed by atoms with E-state index in [0.29, 0.717) is 18.0 Å². The Balaban J connectivity index is 2.78. The quantitative estimate of drug-likeness (QED) is 0.817. The van der Waals surface area contributed by atoms with Crippen LogP contribution >= 0.6 is 23.6 Å². The standard InChI is InChI=1S/C13H20N2OS2/c1-4-10-5-6-11(18-10)13(16)15(9(2)3)8-7-12(14)17/h5-6,9H,4,7-8H2,1-3H3,(H2,14,17). The number of aryl methyl sites for hydroxylation is 1. The van der Waals surface area contributed by atoms with E-state index in [2.05, 4.69) is 6.92 Å². The second kappa shape index (κ2) is 6.85. The van der Waals surface area contributed by atoms with Gasteiger partial charge in [0.25, 0.3) is 5.91 Å². The van der Waals surface area contributed by atoms with Gasteiger partial charge in [0, 0.05) is 23.9 Å². The van der Waals surface area contributed by atoms with Gasteiger partial charge in [-0.15, -0.1) is 11.3 Å². The molecule has 0 saturated carbocycles. The monoisotopic (exact) mass is 284 g/mol. The summed E-state index contributed by atoms with van der Waals surface area (Å²) in [5, 5.41) is 0. The molecule has 0 fully saturated rings. The highest BCUT2D eigenvalue weighted by molar-refractivity contribution is 7.80. The topological polar surface area (TPSA) is 46.3 Å². The van der Waals surface area contributed by atoms with Gasteiger partial charge < -0.3 is 10.6 Å². The van der Waals surface area contributed by atoms with Crippen molar-refractivity contribution in [3.8, 4) is 0 Å². The van der Waals surface area contributed by atoms with Gasteiger partial charge in [0.2, 0.25) is 0 Å². The number of nitrogens with zero attached hydrogens (tertiary/aromatic N) is 1. The van der Waals surface area contributed by atoms with Gasteiger partial charge in [0.05, 0.1) is 9.87 Å². The Kier molecular flexibility index (Phi) is 5.75. The molecule has 0 aromatic carbocycles. The van der Waals surface area contributed by atoms with Crippen molar-refractivity contribution in [2.24, 2.45) is 5.73 Å². The molecular weight excluding hydrogens is 264 g/mol. The van der Waals surface area contributed by atoms with E-state index >= 15 is 0 Å². The van der Waals surface area contributed by atoms with Crippen LogP contribution < -0.4 is 5.73 Å². The van der Waals surface area contributed by atoms with Crippen molar-refractivity contribution in [3.63, 3.8) is 0 Å². The van der Waals surface area contributed by atoms with Crippen molar-refractivity contribution < 1.29 is 4.79 Å². The first-order valence-electron chi connectivity index (χ1n) is 6.13. The number of carbonyl (C=O) groups is 1. The predicted molar refractivity (Wildman–Crippen MR) is 81.3 cm³/mol. The molecule has 0 aliphatic heterocycles. The van der Waals surface area contributed by atoms with Gasteiger partial charge in [0.1, 0.15) is 0 Å². The number of hydrogen-bond acceptors (Lipinski definition) is 3. The maximum absolute atomic E-state index is 12.4. The molecule has 1 amide bonds. The van der Waals surface area contributed by atoms with E-state index in [1.54, 1.807) is 11.3 Å². The van der Waals surface area contributed by atoms with Crippen molar-refractivity contribution in [3.05, 3.63) is 21.9 Å². The molecule has 2 N–H and O–H groups in total. The highest BCUT2D eigenvalue weighted by Crippen LogP contribution is 2.20. The van der Waals surface area contributed by atoms with E-state index in [1.807, 2.05) is 30.9 Å². The van der Waals surface area contributed by atoms with Crippen LogP contribution in [0.5, 0.6) is 0 Å². The number of amides is 1. The van der Waals surface area contributed by atoms with Gasteiger partial charge in [-0.3, -0.25) is 4.79 Å². The van der Waals surface area contributed by atoms with Crippen LogP contribution in [0.4, 0.5) is 0 Å². The summed E-state index contributed by atoms with van der Waals surface area (Å²) in [7, 11) is 0. The molecule has 0 spiro atoms. The van der Waals surface area contributed by atoms with E-state index in [-0.39, 0.29) is 11.9 Å². The third-order valence-corrected chi connectivity index (χ3v) is 4.13. The van der Waals surface area contributed by atoms with E-state index in [1.165, 1.54) is 4.88 Å². The van der Waals surface area contributed by atoms with E-state index < -0.39 is 0 Å². The lowest BCUT2D eigenvalue weighted by Gasteiger charge is -2.26. The lowest BCUT2D eigenvalue weighted by atomic mass is 10.2. The van der Waals surface area contributed by atoms with Gasteiger partial charge in [-0.05, 0) is 32.4 Å². The second-order valence-corrected chi connectivity index (χ2v) is 6.12. The van der Waals surface area contributed by atoms with Crippen LogP contribution in [0.25, 0.3) is 0 Å². The summed E-state index contributed by atoms with van der Waals surface area (Å²) in [6, 6.07) is 4.07. The summed E-state index contributed by atoms with van der Waals surface area (Å²) in [5.41, 5.74) is 5.50. The second-order valence-electron chi connectivity index (χ2n) is 4.43. The molecule has 5 heteroatoms. The molecule has 100 valence electrons. The van der Waals surface area contributed by atoms with Gasteiger partial charge in [-0.2, -0.15) is 0 Å². The highest BCUT2D eigenvalue weighted by Gasteiger charge is 2.20. The fourth-order valence-corrected chi connectivity index (χ4v) is 2.64. The Bertz CT molecular complexity index is 426. The number of thiophene rings is 1. The maximum Gasteiger partial charge on any atom is 0.264 e. The lowest BCUT2D eigenvalue weighted by molar-refractivity contribution is 0.0716. The van der Waals surface area contributed by atoms with Crippen molar-refractivity contribution in [2.75, 3.05) is 6.54 Å². The predicted octanol–water partition coefficient (Wildman–Crippen LogP) is 2.84. The summed E-state index contributed by atoms with van der Waals surface area (Å²) < 4.78 is 0. The van der Waals surface area contributed by atoms with Crippen LogP contribution in [0, 0.1) is 0 Å². The Morgan fingerprint density at radius 2 is 2.17 bits per heavy atom. The van der Waals surface area contributed by atoms with Gasteiger partial charge >= 0.3 is 0 Å². The van der Waals surface area contributed by atoms with E-state index in [0.717, 1.165) is 11.3 Å². The molecule has 1 rings (SSSR count). The zero-order valence-electron chi connectivity index (χ0n) is 11.1. The molecular formula is C13H20N2OS2. The summed E-state index contributed by atoms with van der Waals surface area (Å²) >= 11 is 6.43. The summed E-state index contributed by atoms with van der Waals surface area (Å²) in [6.07, 6.45) is 1.54. The SMILES string of the molecule is CCc1ccc(C(=O)N(CCC(N)=S)C(C)C)s1. The fourth-order valence-electron chi connectivity index (χ4n) is 1.65. The smallest absolute Gasteiger partial charge is 0.264 e. The number of carbonyl (C=O) groups excluding carboxylic acids is 1. The summed E-state index contributed by atoms with van der Waals surface area (Å²) in [4.78, 5) is 16.7. The van der Waals surface area contributed by atoms with Gasteiger partial charge in [-0.25, -0.2) is 0 Å². The molecule has 1 aromatic rings. The maximum atomic E-state index is 12.4. The van der Waals surface area contributed by atoms with Gasteiger partial charge in [0.15, 0.2) is 0 Å². The number of hydrogen-bond donors (Lipinski definition) is 1. The first kappa shape index (κ1) is 15.1. The Morgan fingerprint density at radius 1 is 1.50 bits per heavy atom. The van der Waals surface area contributed by atoms with Crippen LogP contribution in [-0.2, 0) is 6.42 Å². The molecule has 3 nitrogen and oxygen atoms in total. The molecule has 1 heterocycles. The van der Waals surface area contributed by atoms with E-state index in [4.69, 9.17) is 18.0 Å². The Hall–Kier alpha value is -0.940. The fraction of sp³-hybridized carbons (Fsp3) is 0.538. The molecule has 0 aliphatic rings. The van der Waals surface area contributed by atoms with Crippen LogP contribution in [0.2, 0.25) is 0 Å². The molecule has 18 heavy (non-hydrogen) atoms. The molecule has 0 bridgehead atoms. The Morgan fingerprint density at radius 3 is 2.61 bits per heavy atom. The third-order valence-electron chi connectivity index (χ3n) is 2.70. The first-order chi connectivity index (χ1) is 8.45. The lowest BCUT2D eigenvalue weighted by Crippen LogP contribution is -2.38. The van der Waals surface area contributed by atoms with Crippen LogP contribution in [-0.4, -0.2) is 28.4 Å². The van der Waals surface area contributed by atoms with Crippen molar-refractivity contribution in [1.82, 2.24) is 4.90 Å². The van der Waals surface area contributed by atoms with Gasteiger partial charge in [-0.1, -0.05) is 19.1 Å². The highest BCUT2D eigenvalue weighted by atomic mass is 32.1. The zero-order valence-corrected chi connectivity index (χ0v) is 12.7.